The van der Waals surface area contributed by atoms with E-state index in [-0.39, 0.29) is 18.2 Å². The maximum Gasteiger partial charge on any atom is 0.410 e. The van der Waals surface area contributed by atoms with E-state index in [0.29, 0.717) is 18.9 Å². The van der Waals surface area contributed by atoms with Crippen molar-refractivity contribution in [3.8, 4) is 11.8 Å². The molecule has 0 radical (unpaired) electrons. The Morgan fingerprint density at radius 2 is 2.12 bits per heavy atom. The first-order chi connectivity index (χ1) is 11.8. The first-order valence-corrected chi connectivity index (χ1v) is 9.04. The molecule has 134 valence electrons. The largest absolute Gasteiger partial charge is 0.444 e. The van der Waals surface area contributed by atoms with E-state index in [4.69, 9.17) is 10.5 Å². The van der Waals surface area contributed by atoms with E-state index >= 15 is 0 Å². The lowest BCUT2D eigenvalue weighted by atomic mass is 10.0. The lowest BCUT2D eigenvalue weighted by molar-refractivity contribution is 0.0220. The van der Waals surface area contributed by atoms with Gasteiger partial charge in [0.15, 0.2) is 0 Å². The molecule has 2 fully saturated rings. The number of likely N-dealkylation sites (tertiary alicyclic amines) is 1. The summed E-state index contributed by atoms with van der Waals surface area (Å²) < 4.78 is 5.52. The molecule has 2 heterocycles. The van der Waals surface area contributed by atoms with Gasteiger partial charge in [-0.25, -0.2) is 9.78 Å². The van der Waals surface area contributed by atoms with Crippen LogP contribution in [0.5, 0.6) is 0 Å². The van der Waals surface area contributed by atoms with Crippen molar-refractivity contribution >= 4 is 6.09 Å². The summed E-state index contributed by atoms with van der Waals surface area (Å²) in [5, 5.41) is 0. The molecule has 25 heavy (non-hydrogen) atoms. The molecule has 2 N–H and O–H groups in total. The summed E-state index contributed by atoms with van der Waals surface area (Å²) in [6.07, 6.45) is 3.52. The van der Waals surface area contributed by atoms with E-state index in [1.807, 2.05) is 39.0 Å². The van der Waals surface area contributed by atoms with Gasteiger partial charge < -0.3 is 15.4 Å². The molecule has 5 heteroatoms. The Morgan fingerprint density at radius 1 is 1.36 bits per heavy atom. The zero-order valence-electron chi connectivity index (χ0n) is 15.3. The maximum atomic E-state index is 12.5. The number of amides is 1. The van der Waals surface area contributed by atoms with Gasteiger partial charge in [-0.2, -0.15) is 0 Å². The van der Waals surface area contributed by atoms with Crippen LogP contribution in [-0.4, -0.2) is 40.2 Å². The molecule has 0 spiro atoms. The Morgan fingerprint density at radius 3 is 2.80 bits per heavy atom. The lowest BCUT2D eigenvalue weighted by Crippen LogP contribution is -2.46. The third-order valence-electron chi connectivity index (χ3n) is 4.43. The molecule has 1 aliphatic carbocycles. The van der Waals surface area contributed by atoms with Crippen molar-refractivity contribution in [3.05, 3.63) is 29.6 Å². The van der Waals surface area contributed by atoms with Gasteiger partial charge in [-0.15, -0.1) is 0 Å². The van der Waals surface area contributed by atoms with Crippen LogP contribution in [0.4, 0.5) is 4.79 Å². The number of aromatic nitrogens is 1. The van der Waals surface area contributed by atoms with E-state index in [2.05, 4.69) is 16.8 Å². The minimum absolute atomic E-state index is 0.0597. The Bertz CT molecular complexity index is 695. The van der Waals surface area contributed by atoms with Gasteiger partial charge in [0.25, 0.3) is 0 Å². The van der Waals surface area contributed by atoms with Crippen molar-refractivity contribution in [2.45, 2.75) is 64.1 Å². The molecule has 0 aromatic carbocycles. The van der Waals surface area contributed by atoms with E-state index < -0.39 is 5.60 Å². The van der Waals surface area contributed by atoms with E-state index in [1.165, 1.54) is 12.8 Å². The molecule has 1 amide bonds. The predicted molar refractivity (Wildman–Crippen MR) is 96.9 cm³/mol. The Labute approximate surface area is 149 Å². The average Bonchev–Trinajstić information content (AvgIpc) is 3.28. The fourth-order valence-electron chi connectivity index (χ4n) is 2.97. The number of carbonyl (C=O) groups excluding carboxylic acids is 1. The molecule has 2 aliphatic rings. The van der Waals surface area contributed by atoms with E-state index in [9.17, 15) is 4.79 Å². The molecular weight excluding hydrogens is 314 g/mol. The lowest BCUT2D eigenvalue weighted by Gasteiger charge is -2.29. The van der Waals surface area contributed by atoms with Gasteiger partial charge in [-0.3, -0.25) is 0 Å². The van der Waals surface area contributed by atoms with Crippen molar-refractivity contribution in [3.63, 3.8) is 0 Å². The Kier molecular flexibility index (Phi) is 5.01. The molecule has 3 rings (SSSR count). The van der Waals surface area contributed by atoms with Crippen LogP contribution < -0.4 is 5.73 Å². The molecule has 1 saturated carbocycles. The number of pyridine rings is 1. The summed E-state index contributed by atoms with van der Waals surface area (Å²) >= 11 is 0. The normalized spacial score (nSPS) is 23.1. The van der Waals surface area contributed by atoms with Crippen molar-refractivity contribution in [2.24, 2.45) is 11.7 Å². The molecule has 1 aromatic heterocycles. The molecule has 2 unspecified atom stereocenters. The molecule has 2 atom stereocenters. The zero-order valence-corrected chi connectivity index (χ0v) is 15.3. The van der Waals surface area contributed by atoms with Gasteiger partial charge in [0, 0.05) is 30.6 Å². The fraction of sp³-hybridized carbons (Fsp3) is 0.600. The van der Waals surface area contributed by atoms with Gasteiger partial charge in [0.1, 0.15) is 11.3 Å². The van der Waals surface area contributed by atoms with Crippen LogP contribution in [0.15, 0.2) is 18.2 Å². The summed E-state index contributed by atoms with van der Waals surface area (Å²) in [7, 11) is 0. The number of hydrogen-bond donors (Lipinski definition) is 1. The minimum Gasteiger partial charge on any atom is -0.444 e. The highest BCUT2D eigenvalue weighted by molar-refractivity contribution is 5.69. The van der Waals surface area contributed by atoms with Gasteiger partial charge in [0.05, 0.1) is 6.04 Å². The van der Waals surface area contributed by atoms with Crippen LogP contribution in [0, 0.1) is 17.8 Å². The summed E-state index contributed by atoms with van der Waals surface area (Å²) in [5.41, 5.74) is 7.46. The molecule has 1 aliphatic heterocycles. The summed E-state index contributed by atoms with van der Waals surface area (Å²) in [6, 6.07) is 5.72. The standard InChI is InChI=1S/C20H27N3O2/c1-20(2,3)25-19(24)23-12-11-17(21)18(23)13-16-6-4-5-15(22-16)10-9-14-7-8-14/h4-6,14,17-18H,7-8,11-13,21H2,1-3H3. The molecule has 5 nitrogen and oxygen atoms in total. The molecule has 1 aromatic rings. The van der Waals surface area contributed by atoms with Crippen LogP contribution in [0.3, 0.4) is 0 Å². The number of nitrogens with zero attached hydrogens (tertiary/aromatic N) is 2. The van der Waals surface area contributed by atoms with E-state index in [0.717, 1.165) is 17.8 Å². The Balaban J connectivity index is 1.70. The van der Waals surface area contributed by atoms with Crippen LogP contribution in [0.2, 0.25) is 0 Å². The third kappa shape index (κ3) is 4.96. The van der Waals surface area contributed by atoms with Crippen molar-refractivity contribution in [2.75, 3.05) is 6.54 Å². The molecule has 0 bridgehead atoms. The average molecular weight is 341 g/mol. The highest BCUT2D eigenvalue weighted by atomic mass is 16.6. The quantitative estimate of drug-likeness (QED) is 0.840. The predicted octanol–water partition coefficient (Wildman–Crippen LogP) is 2.72. The SMILES string of the molecule is CC(C)(C)OC(=O)N1CCC(N)C1Cc1cccc(C#CC2CC2)n1. The number of ether oxygens (including phenoxy) is 1. The second-order valence-electron chi connectivity index (χ2n) is 7.96. The summed E-state index contributed by atoms with van der Waals surface area (Å²) in [6.45, 7) is 6.25. The summed E-state index contributed by atoms with van der Waals surface area (Å²) in [5.74, 6) is 6.94. The smallest absolute Gasteiger partial charge is 0.410 e. The third-order valence-corrected chi connectivity index (χ3v) is 4.43. The van der Waals surface area contributed by atoms with Gasteiger partial charge in [-0.05, 0) is 58.1 Å². The minimum atomic E-state index is -0.509. The summed E-state index contributed by atoms with van der Waals surface area (Å²) in [4.78, 5) is 18.8. The first-order valence-electron chi connectivity index (χ1n) is 9.04. The number of hydrogen-bond acceptors (Lipinski definition) is 4. The van der Waals surface area contributed by atoms with Crippen molar-refractivity contribution < 1.29 is 9.53 Å². The van der Waals surface area contributed by atoms with Crippen LogP contribution in [-0.2, 0) is 11.2 Å². The van der Waals surface area contributed by atoms with Gasteiger partial charge >= 0.3 is 6.09 Å². The topological polar surface area (TPSA) is 68.5 Å². The van der Waals surface area contributed by atoms with E-state index in [1.54, 1.807) is 4.90 Å². The van der Waals surface area contributed by atoms with Gasteiger partial charge in [0.2, 0.25) is 0 Å². The van der Waals surface area contributed by atoms with Crippen molar-refractivity contribution in [1.29, 1.82) is 0 Å². The molecule has 1 saturated heterocycles. The number of carbonyl (C=O) groups is 1. The van der Waals surface area contributed by atoms with Gasteiger partial charge in [-0.1, -0.05) is 12.0 Å². The van der Waals surface area contributed by atoms with Crippen LogP contribution in [0.25, 0.3) is 0 Å². The first kappa shape index (κ1) is 17.8. The zero-order chi connectivity index (χ0) is 18.0. The number of rotatable bonds is 2. The second kappa shape index (κ2) is 7.05. The highest BCUT2D eigenvalue weighted by Gasteiger charge is 2.37. The number of nitrogens with two attached hydrogens (primary N) is 1. The van der Waals surface area contributed by atoms with Crippen LogP contribution in [0.1, 0.15) is 51.4 Å². The Hall–Kier alpha value is -2.06. The monoisotopic (exact) mass is 341 g/mol. The maximum absolute atomic E-state index is 12.5. The fourth-order valence-corrected chi connectivity index (χ4v) is 2.97. The highest BCUT2D eigenvalue weighted by Crippen LogP contribution is 2.27. The van der Waals surface area contributed by atoms with Crippen molar-refractivity contribution in [1.82, 2.24) is 9.88 Å². The van der Waals surface area contributed by atoms with Crippen LogP contribution >= 0.6 is 0 Å². The molecular formula is C20H27N3O2. The second-order valence-corrected chi connectivity index (χ2v) is 7.96.